The molecule has 2 nitrogen and oxygen atoms in total. The molecule has 86 valence electrons. The minimum atomic E-state index is -2.17. The average molecular weight is 310 g/mol. The summed E-state index contributed by atoms with van der Waals surface area (Å²) in [5, 5.41) is 0. The summed E-state index contributed by atoms with van der Waals surface area (Å²) in [4.78, 5) is 0. The second kappa shape index (κ2) is 7.24. The van der Waals surface area contributed by atoms with Gasteiger partial charge in [-0.3, -0.25) is 0 Å². The van der Waals surface area contributed by atoms with Gasteiger partial charge in [0.2, 0.25) is 0 Å². The predicted octanol–water partition coefficient (Wildman–Crippen LogP) is 4.82. The second-order valence-electron chi connectivity index (χ2n) is 2.40. The first-order valence-corrected chi connectivity index (χ1v) is 15.0. The van der Waals surface area contributed by atoms with Crippen molar-refractivity contribution in [2.75, 3.05) is 37.3 Å². The molecule has 0 aliphatic heterocycles. The van der Waals surface area contributed by atoms with Gasteiger partial charge in [-0.1, -0.05) is 45.5 Å². The average Bonchev–Trinajstić information content (AvgIpc) is 2.25. The van der Waals surface area contributed by atoms with Crippen LogP contribution in [0.15, 0.2) is 0 Å². The Hall–Kier alpha value is 1.86. The van der Waals surface area contributed by atoms with E-state index in [1.165, 1.54) is 45.5 Å². The van der Waals surface area contributed by atoms with Crippen molar-refractivity contribution in [3.63, 3.8) is 0 Å². The van der Waals surface area contributed by atoms with Crippen molar-refractivity contribution in [2.24, 2.45) is 0 Å². The molecule has 0 radical (unpaired) electrons. The second-order valence-corrected chi connectivity index (χ2v) is 20.0. The van der Waals surface area contributed by atoms with E-state index in [1.54, 1.807) is 0 Å². The molecular weight excluding hydrogens is 294 g/mol. The summed E-state index contributed by atoms with van der Waals surface area (Å²) in [5.41, 5.74) is -4.34. The van der Waals surface area contributed by atoms with Gasteiger partial charge in [0.1, 0.15) is 0 Å². The standard InChI is InChI=1S/C6H16O2P2S4/c1-11-9(7,12-2)5-6-10(8,13-3)14-4/h5-6H2,1-4H3. The zero-order chi connectivity index (χ0) is 11.2. The van der Waals surface area contributed by atoms with Crippen LogP contribution in [0.25, 0.3) is 0 Å². The van der Waals surface area contributed by atoms with Gasteiger partial charge in [-0.25, -0.2) is 0 Å². The maximum atomic E-state index is 12.0. The van der Waals surface area contributed by atoms with E-state index in [9.17, 15) is 9.13 Å². The van der Waals surface area contributed by atoms with Gasteiger partial charge in [0.25, 0.3) is 0 Å². The summed E-state index contributed by atoms with van der Waals surface area (Å²) in [6, 6.07) is 0. The van der Waals surface area contributed by atoms with Crippen LogP contribution in [-0.4, -0.2) is 37.3 Å². The highest BCUT2D eigenvalue weighted by Crippen LogP contribution is 2.72. The Morgan fingerprint density at radius 1 is 0.714 bits per heavy atom. The first-order valence-electron chi connectivity index (χ1n) is 3.86. The minimum Gasteiger partial charge on any atom is -0.300 e. The molecule has 0 saturated heterocycles. The number of hydrogen-bond acceptors (Lipinski definition) is 6. The Balaban J connectivity index is 4.29. The third kappa shape index (κ3) is 5.27. The van der Waals surface area contributed by atoms with Gasteiger partial charge in [0.05, 0.1) is 0 Å². The van der Waals surface area contributed by atoms with Crippen molar-refractivity contribution >= 4 is 56.6 Å². The van der Waals surface area contributed by atoms with E-state index in [4.69, 9.17) is 0 Å². The van der Waals surface area contributed by atoms with Crippen LogP contribution < -0.4 is 0 Å². The third-order valence-corrected chi connectivity index (χ3v) is 20.1. The Labute approximate surface area is 103 Å². The first-order chi connectivity index (χ1) is 6.45. The SMILES string of the molecule is CSP(=O)(CCP(=O)(SC)SC)SC. The molecule has 0 heterocycles. The van der Waals surface area contributed by atoms with Gasteiger partial charge in [0, 0.05) is 12.3 Å². The molecule has 0 atom stereocenters. The molecule has 0 fully saturated rings. The van der Waals surface area contributed by atoms with Crippen LogP contribution in [0, 0.1) is 0 Å². The maximum absolute atomic E-state index is 12.0. The smallest absolute Gasteiger partial charge is 0.191 e. The van der Waals surface area contributed by atoms with Crippen molar-refractivity contribution in [2.45, 2.75) is 0 Å². The van der Waals surface area contributed by atoms with Gasteiger partial charge in [0.15, 0.2) is 11.1 Å². The van der Waals surface area contributed by atoms with Gasteiger partial charge in [-0.05, 0) is 25.0 Å². The molecule has 8 heteroatoms. The number of rotatable bonds is 7. The van der Waals surface area contributed by atoms with E-state index in [0.29, 0.717) is 12.3 Å². The van der Waals surface area contributed by atoms with Crippen molar-refractivity contribution < 1.29 is 9.13 Å². The molecule has 0 aromatic rings. The highest BCUT2D eigenvalue weighted by Gasteiger charge is 2.26. The Morgan fingerprint density at radius 2 is 0.929 bits per heavy atom. The Bertz CT molecular complexity index is 216. The van der Waals surface area contributed by atoms with Crippen molar-refractivity contribution in [3.05, 3.63) is 0 Å². The van der Waals surface area contributed by atoms with Crippen LogP contribution in [0.4, 0.5) is 0 Å². The zero-order valence-corrected chi connectivity index (χ0v) is 13.8. The molecule has 0 amide bonds. The van der Waals surface area contributed by atoms with Crippen molar-refractivity contribution in [1.29, 1.82) is 0 Å². The lowest BCUT2D eigenvalue weighted by Gasteiger charge is -2.16. The van der Waals surface area contributed by atoms with E-state index < -0.39 is 11.1 Å². The Kier molecular flexibility index (Phi) is 8.20. The van der Waals surface area contributed by atoms with Crippen LogP contribution in [0.1, 0.15) is 0 Å². The summed E-state index contributed by atoms with van der Waals surface area (Å²) in [7, 11) is 0. The molecular formula is C6H16O2P2S4. The van der Waals surface area contributed by atoms with E-state index in [2.05, 4.69) is 0 Å². The lowest BCUT2D eigenvalue weighted by molar-refractivity contribution is 0.589. The van der Waals surface area contributed by atoms with E-state index >= 15 is 0 Å². The summed E-state index contributed by atoms with van der Waals surface area (Å²) in [5.74, 6) is 0. The molecule has 0 aliphatic carbocycles. The molecule has 0 saturated carbocycles. The van der Waals surface area contributed by atoms with Gasteiger partial charge >= 0.3 is 0 Å². The molecule has 0 bridgehead atoms. The van der Waals surface area contributed by atoms with Crippen LogP contribution >= 0.6 is 56.6 Å². The molecule has 0 unspecified atom stereocenters. The van der Waals surface area contributed by atoms with Crippen LogP contribution in [0.5, 0.6) is 0 Å². The fourth-order valence-electron chi connectivity index (χ4n) is 0.759. The normalized spacial score (nSPS) is 13.1. The fraction of sp³-hybridized carbons (Fsp3) is 1.00. The lowest BCUT2D eigenvalue weighted by atomic mass is 11.0. The highest BCUT2D eigenvalue weighted by molar-refractivity contribution is 8.91. The first kappa shape index (κ1) is 15.9. The van der Waals surface area contributed by atoms with Crippen LogP contribution in [0.3, 0.4) is 0 Å². The molecule has 0 aromatic heterocycles. The largest absolute Gasteiger partial charge is 0.300 e. The molecule has 0 spiro atoms. The quantitative estimate of drug-likeness (QED) is 0.627. The van der Waals surface area contributed by atoms with Crippen molar-refractivity contribution in [1.82, 2.24) is 0 Å². The van der Waals surface area contributed by atoms with Crippen LogP contribution in [0.2, 0.25) is 0 Å². The molecule has 0 aromatic carbocycles. The van der Waals surface area contributed by atoms with Crippen molar-refractivity contribution in [3.8, 4) is 0 Å². The Morgan fingerprint density at radius 3 is 1.07 bits per heavy atom. The fourth-order valence-corrected chi connectivity index (χ4v) is 12.5. The summed E-state index contributed by atoms with van der Waals surface area (Å²) in [6.07, 6.45) is 8.60. The van der Waals surface area contributed by atoms with E-state index in [-0.39, 0.29) is 0 Å². The van der Waals surface area contributed by atoms with Crippen LogP contribution in [-0.2, 0) is 9.13 Å². The van der Waals surface area contributed by atoms with Gasteiger partial charge in [-0.15, -0.1) is 0 Å². The molecule has 0 N–H and O–H groups in total. The monoisotopic (exact) mass is 310 g/mol. The summed E-state index contributed by atoms with van der Waals surface area (Å²) in [6.45, 7) is 0. The summed E-state index contributed by atoms with van der Waals surface area (Å²) < 4.78 is 24.0. The number of hydrogen-bond donors (Lipinski definition) is 0. The summed E-state index contributed by atoms with van der Waals surface area (Å²) >= 11 is 5.65. The topological polar surface area (TPSA) is 34.1 Å². The molecule has 0 rings (SSSR count). The predicted molar refractivity (Wildman–Crippen MR) is 79.0 cm³/mol. The van der Waals surface area contributed by atoms with Gasteiger partial charge in [-0.2, -0.15) is 0 Å². The molecule has 0 aliphatic rings. The van der Waals surface area contributed by atoms with E-state index in [0.717, 1.165) is 0 Å². The molecule has 14 heavy (non-hydrogen) atoms. The van der Waals surface area contributed by atoms with Gasteiger partial charge < -0.3 is 9.13 Å². The zero-order valence-electron chi connectivity index (χ0n) is 8.76. The lowest BCUT2D eigenvalue weighted by Crippen LogP contribution is -1.89. The maximum Gasteiger partial charge on any atom is 0.191 e. The highest BCUT2D eigenvalue weighted by atomic mass is 33.1. The van der Waals surface area contributed by atoms with E-state index in [1.807, 2.05) is 25.0 Å². The minimum absolute atomic E-state index is 0.578. The third-order valence-electron chi connectivity index (χ3n) is 1.76.